The van der Waals surface area contributed by atoms with Crippen LogP contribution in [0.15, 0.2) is 30.3 Å². The van der Waals surface area contributed by atoms with Crippen LogP contribution in [0.3, 0.4) is 0 Å². The highest BCUT2D eigenvalue weighted by molar-refractivity contribution is 6.37. The molecule has 0 amide bonds. The third kappa shape index (κ3) is 2.43. The predicted molar refractivity (Wildman–Crippen MR) is 59.2 cm³/mol. The predicted octanol–water partition coefficient (Wildman–Crippen LogP) is 0.357. The second-order valence-electron chi connectivity index (χ2n) is 3.29. The van der Waals surface area contributed by atoms with Crippen molar-refractivity contribution in [1.82, 2.24) is 0 Å². The molecule has 76 valence electrons. The molecule has 0 aliphatic carbocycles. The molecule has 0 aliphatic heterocycles. The Morgan fingerprint density at radius 1 is 1.43 bits per heavy atom. The Morgan fingerprint density at radius 3 is 2.43 bits per heavy atom. The minimum atomic E-state index is -0.909. The van der Waals surface area contributed by atoms with E-state index in [4.69, 9.17) is 10.8 Å². The SMILES string of the molecule is C[SiH2]C(c1ccccc1)[C@H](N)C(=O)O. The fourth-order valence-corrected chi connectivity index (χ4v) is 3.02. The lowest BCUT2D eigenvalue weighted by molar-refractivity contribution is -0.138. The van der Waals surface area contributed by atoms with Crippen molar-refractivity contribution in [1.29, 1.82) is 0 Å². The normalized spacial score (nSPS) is 15.6. The second kappa shape index (κ2) is 4.93. The van der Waals surface area contributed by atoms with Gasteiger partial charge in [0.25, 0.3) is 0 Å². The number of carboxylic acids is 1. The lowest BCUT2D eigenvalue weighted by Crippen LogP contribution is -2.38. The van der Waals surface area contributed by atoms with Crippen molar-refractivity contribution in [2.75, 3.05) is 0 Å². The summed E-state index contributed by atoms with van der Waals surface area (Å²) in [7, 11) is -0.466. The zero-order valence-electron chi connectivity index (χ0n) is 8.18. The van der Waals surface area contributed by atoms with Gasteiger partial charge in [-0.1, -0.05) is 36.9 Å². The molecule has 3 nitrogen and oxygen atoms in total. The van der Waals surface area contributed by atoms with E-state index in [1.54, 1.807) is 0 Å². The molecule has 1 aromatic carbocycles. The molecule has 0 fully saturated rings. The van der Waals surface area contributed by atoms with Gasteiger partial charge in [0.2, 0.25) is 0 Å². The Morgan fingerprint density at radius 2 is 2.00 bits per heavy atom. The highest BCUT2D eigenvalue weighted by Crippen LogP contribution is 2.17. The van der Waals surface area contributed by atoms with E-state index in [2.05, 4.69) is 6.55 Å². The third-order valence-electron chi connectivity index (χ3n) is 2.39. The maximum absolute atomic E-state index is 10.8. The first kappa shape index (κ1) is 10.9. The van der Waals surface area contributed by atoms with Gasteiger partial charge in [-0.3, -0.25) is 4.79 Å². The van der Waals surface area contributed by atoms with Gasteiger partial charge in [0.1, 0.15) is 6.04 Å². The molecule has 0 saturated heterocycles. The summed E-state index contributed by atoms with van der Waals surface area (Å²) < 4.78 is 0. The van der Waals surface area contributed by atoms with E-state index in [1.807, 2.05) is 30.3 Å². The van der Waals surface area contributed by atoms with Gasteiger partial charge in [-0.05, 0) is 11.1 Å². The van der Waals surface area contributed by atoms with E-state index in [0.717, 1.165) is 5.56 Å². The zero-order valence-corrected chi connectivity index (χ0v) is 9.60. The molecule has 0 aliphatic rings. The van der Waals surface area contributed by atoms with Crippen LogP contribution in [0.4, 0.5) is 0 Å². The quantitative estimate of drug-likeness (QED) is 0.704. The number of carboxylic acid groups (broad SMARTS) is 1. The first-order chi connectivity index (χ1) is 6.66. The van der Waals surface area contributed by atoms with E-state index in [-0.39, 0.29) is 5.54 Å². The average molecular weight is 209 g/mol. The minimum Gasteiger partial charge on any atom is -0.480 e. The minimum absolute atomic E-state index is 0.0358. The van der Waals surface area contributed by atoms with Crippen molar-refractivity contribution >= 4 is 15.5 Å². The largest absolute Gasteiger partial charge is 0.480 e. The molecular weight excluding hydrogens is 194 g/mol. The molecule has 4 heteroatoms. The smallest absolute Gasteiger partial charge is 0.320 e. The lowest BCUT2D eigenvalue weighted by Gasteiger charge is -2.18. The van der Waals surface area contributed by atoms with Gasteiger partial charge in [0.15, 0.2) is 0 Å². The zero-order chi connectivity index (χ0) is 10.6. The molecule has 0 bridgehead atoms. The molecule has 1 unspecified atom stereocenters. The fraction of sp³-hybridized carbons (Fsp3) is 0.300. The molecule has 3 N–H and O–H groups in total. The topological polar surface area (TPSA) is 63.3 Å². The summed E-state index contributed by atoms with van der Waals surface area (Å²) >= 11 is 0. The standard InChI is InChI=1S/C10H15NO2Si/c1-14-9(8(11)10(12)13)7-5-3-2-4-6-7/h2-6,8-9H,11,14H2,1H3,(H,12,13)/t8-,9?/m0/s1. The van der Waals surface area contributed by atoms with Crippen molar-refractivity contribution in [2.45, 2.75) is 18.1 Å². The molecule has 0 aromatic heterocycles. The monoisotopic (exact) mass is 209 g/mol. The third-order valence-corrected chi connectivity index (χ3v) is 4.25. The molecule has 14 heavy (non-hydrogen) atoms. The highest BCUT2D eigenvalue weighted by atomic mass is 28.2. The van der Waals surface area contributed by atoms with E-state index < -0.39 is 21.5 Å². The van der Waals surface area contributed by atoms with Gasteiger partial charge in [-0.15, -0.1) is 0 Å². The summed E-state index contributed by atoms with van der Waals surface area (Å²) in [6.07, 6.45) is 0. The van der Waals surface area contributed by atoms with Crippen LogP contribution >= 0.6 is 0 Å². The van der Waals surface area contributed by atoms with Gasteiger partial charge in [-0.2, -0.15) is 0 Å². The van der Waals surface area contributed by atoms with Crippen molar-refractivity contribution in [3.8, 4) is 0 Å². The number of rotatable bonds is 4. The number of hydrogen-bond acceptors (Lipinski definition) is 2. The van der Waals surface area contributed by atoms with Crippen LogP contribution in [0, 0.1) is 0 Å². The second-order valence-corrected chi connectivity index (χ2v) is 4.99. The number of aliphatic carboxylic acids is 1. The number of carbonyl (C=O) groups is 1. The van der Waals surface area contributed by atoms with Crippen molar-refractivity contribution in [3.05, 3.63) is 35.9 Å². The molecule has 0 radical (unpaired) electrons. The summed E-state index contributed by atoms with van der Waals surface area (Å²) in [5.74, 6) is -0.909. The molecular formula is C10H15NO2Si. The van der Waals surface area contributed by atoms with Gasteiger partial charge < -0.3 is 10.8 Å². The Hall–Kier alpha value is -1.13. The van der Waals surface area contributed by atoms with Crippen LogP contribution in [-0.4, -0.2) is 26.6 Å². The summed E-state index contributed by atoms with van der Waals surface area (Å²) in [6.45, 7) is 2.08. The van der Waals surface area contributed by atoms with E-state index in [9.17, 15) is 4.79 Å². The van der Waals surface area contributed by atoms with Crippen LogP contribution < -0.4 is 5.73 Å². The fourth-order valence-electron chi connectivity index (χ4n) is 1.57. The van der Waals surface area contributed by atoms with Crippen LogP contribution in [-0.2, 0) is 4.79 Å². The van der Waals surface area contributed by atoms with Crippen LogP contribution in [0.25, 0.3) is 0 Å². The van der Waals surface area contributed by atoms with Gasteiger partial charge >= 0.3 is 5.97 Å². The first-order valence-corrected chi connectivity index (χ1v) is 6.93. The Balaban J connectivity index is 2.87. The number of benzene rings is 1. The number of nitrogens with two attached hydrogens (primary N) is 1. The average Bonchev–Trinajstić information content (AvgIpc) is 2.20. The Labute approximate surface area is 85.8 Å². The maximum atomic E-state index is 10.8. The van der Waals surface area contributed by atoms with E-state index in [1.165, 1.54) is 0 Å². The molecule has 1 rings (SSSR count). The summed E-state index contributed by atoms with van der Waals surface area (Å²) in [5, 5.41) is 8.84. The summed E-state index contributed by atoms with van der Waals surface area (Å²) in [5.41, 5.74) is 6.73. The molecule has 1 aromatic rings. The van der Waals surface area contributed by atoms with E-state index >= 15 is 0 Å². The molecule has 0 heterocycles. The summed E-state index contributed by atoms with van der Waals surface area (Å²) in [4.78, 5) is 10.8. The van der Waals surface area contributed by atoms with Crippen LogP contribution in [0.2, 0.25) is 6.55 Å². The summed E-state index contributed by atoms with van der Waals surface area (Å²) in [6, 6.07) is 8.90. The molecule has 0 saturated carbocycles. The Kier molecular flexibility index (Phi) is 3.85. The van der Waals surface area contributed by atoms with Crippen LogP contribution in [0.5, 0.6) is 0 Å². The molecule has 2 atom stereocenters. The Bertz CT molecular complexity index is 302. The molecule has 0 spiro atoms. The lowest BCUT2D eigenvalue weighted by atomic mass is 10.1. The van der Waals surface area contributed by atoms with Crippen LogP contribution in [0.1, 0.15) is 11.1 Å². The first-order valence-electron chi connectivity index (χ1n) is 4.70. The maximum Gasteiger partial charge on any atom is 0.320 e. The number of hydrogen-bond donors (Lipinski definition) is 2. The highest BCUT2D eigenvalue weighted by Gasteiger charge is 2.23. The van der Waals surface area contributed by atoms with Gasteiger partial charge in [0.05, 0.1) is 0 Å². The van der Waals surface area contributed by atoms with Crippen molar-refractivity contribution in [3.63, 3.8) is 0 Å². The van der Waals surface area contributed by atoms with Gasteiger partial charge in [0, 0.05) is 9.52 Å². The van der Waals surface area contributed by atoms with Gasteiger partial charge in [-0.25, -0.2) is 0 Å². The van der Waals surface area contributed by atoms with Crippen molar-refractivity contribution in [2.24, 2.45) is 5.73 Å². The van der Waals surface area contributed by atoms with E-state index in [0.29, 0.717) is 0 Å². The van der Waals surface area contributed by atoms with Crippen molar-refractivity contribution < 1.29 is 9.90 Å².